The van der Waals surface area contributed by atoms with Crippen LogP contribution in [0.1, 0.15) is 51.7 Å². The number of ether oxygens (including phenoxy) is 4. The molecule has 1 aliphatic heterocycles. The Morgan fingerprint density at radius 3 is 2.41 bits per heavy atom. The van der Waals surface area contributed by atoms with Gasteiger partial charge in [0, 0.05) is 18.5 Å². The fourth-order valence-electron chi connectivity index (χ4n) is 3.96. The molecule has 0 saturated heterocycles. The quantitative estimate of drug-likeness (QED) is 0.530. The Balaban J connectivity index is 1.86. The Morgan fingerprint density at radius 1 is 1.05 bits per heavy atom. The number of hydrazone groups is 1. The largest absolute Gasteiger partial charge is 0.497 e. The van der Waals surface area contributed by atoms with E-state index in [0.717, 1.165) is 23.3 Å². The maximum atomic E-state index is 13.7. The lowest BCUT2D eigenvalue weighted by molar-refractivity contribution is -0.133. The molecule has 37 heavy (non-hydrogen) atoms. The number of amides is 2. The van der Waals surface area contributed by atoms with Gasteiger partial charge in [0.1, 0.15) is 17.4 Å². The van der Waals surface area contributed by atoms with Crippen LogP contribution in [0.25, 0.3) is 0 Å². The number of carbonyl (C=O) groups excluding carboxylic acids is 2. The molecule has 1 N–H and O–H groups in total. The molecule has 0 saturated carbocycles. The van der Waals surface area contributed by atoms with Crippen molar-refractivity contribution < 1.29 is 28.5 Å². The number of nitrogens with one attached hydrogen (secondary N) is 1. The smallest absolute Gasteiger partial charge is 0.408 e. The molecule has 9 heteroatoms. The molecule has 1 heterocycles. The molecule has 0 spiro atoms. The maximum Gasteiger partial charge on any atom is 0.408 e. The van der Waals surface area contributed by atoms with E-state index in [1.807, 2.05) is 49.4 Å². The highest BCUT2D eigenvalue weighted by Crippen LogP contribution is 2.29. The van der Waals surface area contributed by atoms with E-state index in [4.69, 9.17) is 18.9 Å². The third kappa shape index (κ3) is 7.87. The van der Waals surface area contributed by atoms with Gasteiger partial charge in [-0.2, -0.15) is 5.10 Å². The Labute approximate surface area is 218 Å². The van der Waals surface area contributed by atoms with E-state index in [2.05, 4.69) is 10.4 Å². The summed E-state index contributed by atoms with van der Waals surface area (Å²) in [5, 5.41) is 8.87. The number of alkyl carbamates (subject to hydrolysis) is 1. The zero-order chi connectivity index (χ0) is 27.0. The number of carbonyl (C=O) groups is 2. The van der Waals surface area contributed by atoms with Crippen LogP contribution in [0.3, 0.4) is 0 Å². The molecule has 3 rings (SSSR count). The van der Waals surface area contributed by atoms with Crippen molar-refractivity contribution in [1.29, 1.82) is 0 Å². The lowest BCUT2D eigenvalue weighted by Gasteiger charge is -2.29. The van der Waals surface area contributed by atoms with Gasteiger partial charge in [-0.1, -0.05) is 12.1 Å². The molecule has 200 valence electrons. The van der Waals surface area contributed by atoms with Crippen molar-refractivity contribution in [2.75, 3.05) is 27.4 Å². The van der Waals surface area contributed by atoms with Crippen molar-refractivity contribution >= 4 is 17.7 Å². The Hall–Kier alpha value is -3.75. The lowest BCUT2D eigenvalue weighted by Crippen LogP contribution is -2.50. The monoisotopic (exact) mass is 511 g/mol. The second-order valence-corrected chi connectivity index (χ2v) is 9.66. The van der Waals surface area contributed by atoms with Gasteiger partial charge in [0.15, 0.2) is 11.5 Å². The second-order valence-electron chi connectivity index (χ2n) is 9.66. The van der Waals surface area contributed by atoms with Crippen molar-refractivity contribution in [3.05, 3.63) is 53.6 Å². The van der Waals surface area contributed by atoms with Crippen molar-refractivity contribution in [3.63, 3.8) is 0 Å². The van der Waals surface area contributed by atoms with Crippen LogP contribution in [-0.2, 0) is 16.0 Å². The van der Waals surface area contributed by atoms with Gasteiger partial charge in [0.25, 0.3) is 5.91 Å². The van der Waals surface area contributed by atoms with Gasteiger partial charge in [-0.15, -0.1) is 0 Å². The number of benzene rings is 2. The summed E-state index contributed by atoms with van der Waals surface area (Å²) in [5.41, 5.74) is 1.80. The van der Waals surface area contributed by atoms with E-state index in [0.29, 0.717) is 36.8 Å². The van der Waals surface area contributed by atoms with Crippen molar-refractivity contribution in [1.82, 2.24) is 10.3 Å². The Bertz CT molecular complexity index is 1110. The minimum absolute atomic E-state index is 0.278. The molecular weight excluding hydrogens is 474 g/mol. The highest BCUT2D eigenvalue weighted by molar-refractivity contribution is 6.02. The average molecular weight is 512 g/mol. The van der Waals surface area contributed by atoms with Crippen LogP contribution >= 0.6 is 0 Å². The van der Waals surface area contributed by atoms with E-state index in [-0.39, 0.29) is 12.3 Å². The molecule has 9 nitrogen and oxygen atoms in total. The highest BCUT2D eigenvalue weighted by atomic mass is 16.6. The van der Waals surface area contributed by atoms with Crippen LogP contribution in [0.5, 0.6) is 17.2 Å². The van der Waals surface area contributed by atoms with Crippen LogP contribution in [0.2, 0.25) is 0 Å². The standard InChI is InChI=1S/C28H37N3O6/c1-7-36-25-18-20(12-15-24(25)35-6)22-9-8-16-31(30-22)26(32)23(29-27(33)37-28(2,3)4)17-19-10-13-21(34-5)14-11-19/h10-15,18,23H,7-9,16-17H2,1-6H3,(H,29,33)/t23-/m0/s1. The Kier molecular flexibility index (Phi) is 9.38. The van der Waals surface area contributed by atoms with Gasteiger partial charge in [0.2, 0.25) is 0 Å². The van der Waals surface area contributed by atoms with Crippen molar-refractivity contribution in [2.45, 2.75) is 58.6 Å². The van der Waals surface area contributed by atoms with E-state index >= 15 is 0 Å². The van der Waals surface area contributed by atoms with Crippen LogP contribution < -0.4 is 19.5 Å². The summed E-state index contributed by atoms with van der Waals surface area (Å²) in [7, 11) is 3.19. The molecule has 0 bridgehead atoms. The number of hydrogen-bond acceptors (Lipinski definition) is 7. The maximum absolute atomic E-state index is 13.7. The summed E-state index contributed by atoms with van der Waals surface area (Å²) >= 11 is 0. The predicted octanol–water partition coefficient (Wildman–Crippen LogP) is 4.57. The zero-order valence-electron chi connectivity index (χ0n) is 22.5. The number of nitrogens with zero attached hydrogens (tertiary/aromatic N) is 2. The first kappa shape index (κ1) is 27.8. The molecule has 0 aromatic heterocycles. The minimum Gasteiger partial charge on any atom is -0.497 e. The number of methoxy groups -OCH3 is 2. The van der Waals surface area contributed by atoms with Gasteiger partial charge < -0.3 is 24.3 Å². The Morgan fingerprint density at radius 2 is 1.78 bits per heavy atom. The SMILES string of the molecule is CCOc1cc(C2=NN(C(=O)[C@H](Cc3ccc(OC)cc3)NC(=O)OC(C)(C)C)CCC2)ccc1OC. The van der Waals surface area contributed by atoms with Gasteiger partial charge in [-0.05, 0) is 76.4 Å². The zero-order valence-corrected chi connectivity index (χ0v) is 22.5. The molecule has 1 atom stereocenters. The highest BCUT2D eigenvalue weighted by Gasteiger charge is 2.30. The molecule has 0 unspecified atom stereocenters. The van der Waals surface area contributed by atoms with E-state index < -0.39 is 17.7 Å². The first-order valence-corrected chi connectivity index (χ1v) is 12.5. The van der Waals surface area contributed by atoms with Gasteiger partial charge in [0.05, 0.1) is 26.5 Å². The molecule has 2 aromatic rings. The average Bonchev–Trinajstić information content (AvgIpc) is 2.87. The van der Waals surface area contributed by atoms with Crippen molar-refractivity contribution in [3.8, 4) is 17.2 Å². The summed E-state index contributed by atoms with van der Waals surface area (Å²) in [6.45, 7) is 8.19. The predicted molar refractivity (Wildman–Crippen MR) is 142 cm³/mol. The molecule has 1 aliphatic rings. The summed E-state index contributed by atoms with van der Waals surface area (Å²) < 4.78 is 21.7. The van der Waals surface area contributed by atoms with Crippen molar-refractivity contribution in [2.24, 2.45) is 5.10 Å². The van der Waals surface area contributed by atoms with E-state index in [1.54, 1.807) is 35.0 Å². The topological polar surface area (TPSA) is 98.7 Å². The number of hydrogen-bond donors (Lipinski definition) is 1. The summed E-state index contributed by atoms with van der Waals surface area (Å²) in [5.74, 6) is 1.66. The van der Waals surface area contributed by atoms with Gasteiger partial charge in [-0.25, -0.2) is 9.80 Å². The minimum atomic E-state index is -0.860. The first-order chi connectivity index (χ1) is 17.6. The van der Waals surface area contributed by atoms with Gasteiger partial charge >= 0.3 is 6.09 Å². The second kappa shape index (κ2) is 12.5. The number of rotatable bonds is 9. The first-order valence-electron chi connectivity index (χ1n) is 12.5. The van der Waals surface area contributed by atoms with Crippen LogP contribution in [-0.4, -0.2) is 61.7 Å². The van der Waals surface area contributed by atoms with Crippen LogP contribution in [0.4, 0.5) is 4.79 Å². The molecular formula is C28H37N3O6. The van der Waals surface area contributed by atoms with E-state index in [1.165, 1.54) is 5.01 Å². The third-order valence-electron chi connectivity index (χ3n) is 5.66. The summed E-state index contributed by atoms with van der Waals surface area (Å²) in [6, 6.07) is 12.1. The fourth-order valence-corrected chi connectivity index (χ4v) is 3.96. The van der Waals surface area contributed by atoms with E-state index in [9.17, 15) is 9.59 Å². The normalized spacial score (nSPS) is 14.3. The summed E-state index contributed by atoms with van der Waals surface area (Å²) in [4.78, 5) is 26.3. The fraction of sp³-hybridized carbons (Fsp3) is 0.464. The third-order valence-corrected chi connectivity index (χ3v) is 5.66. The molecule has 2 amide bonds. The molecule has 0 radical (unpaired) electrons. The molecule has 2 aromatic carbocycles. The van der Waals surface area contributed by atoms with Crippen LogP contribution in [0, 0.1) is 0 Å². The molecule has 0 fully saturated rings. The summed E-state index contributed by atoms with van der Waals surface area (Å²) in [6.07, 6.45) is 1.07. The molecule has 0 aliphatic carbocycles. The lowest BCUT2D eigenvalue weighted by atomic mass is 10.0. The van der Waals surface area contributed by atoms with Gasteiger partial charge in [-0.3, -0.25) is 4.79 Å². The van der Waals surface area contributed by atoms with Crippen LogP contribution in [0.15, 0.2) is 47.6 Å².